The highest BCUT2D eigenvalue weighted by Gasteiger charge is 2.30. The quantitative estimate of drug-likeness (QED) is 0.771. The molecule has 0 amide bonds. The Hall–Kier alpha value is -0.130. The second-order valence-corrected chi connectivity index (χ2v) is 4.63. The lowest BCUT2D eigenvalue weighted by Crippen LogP contribution is -2.25. The van der Waals surface area contributed by atoms with Crippen molar-refractivity contribution in [2.24, 2.45) is 0 Å². The predicted octanol–water partition coefficient (Wildman–Crippen LogP) is 1.77. The minimum absolute atomic E-state index is 0.465. The van der Waals surface area contributed by atoms with Crippen LogP contribution in [-0.4, -0.2) is 34.9 Å². The summed E-state index contributed by atoms with van der Waals surface area (Å²) in [5, 5.41) is 8.63. The summed E-state index contributed by atoms with van der Waals surface area (Å²) in [5.41, 5.74) is 0. The van der Waals surface area contributed by atoms with Crippen LogP contribution < -0.4 is 0 Å². The maximum absolute atomic E-state index is 10.5. The molecule has 0 aromatic rings. The molecule has 0 radical (unpaired) electrons. The largest absolute Gasteiger partial charge is 0.480 e. The lowest BCUT2D eigenvalue weighted by Gasteiger charge is -2.22. The molecule has 5 heteroatoms. The molecule has 1 aliphatic heterocycles. The van der Waals surface area contributed by atoms with Crippen LogP contribution in [0.5, 0.6) is 0 Å². The van der Waals surface area contributed by atoms with Crippen LogP contribution in [0.15, 0.2) is 0 Å². The molecule has 14 heavy (non-hydrogen) atoms. The lowest BCUT2D eigenvalue weighted by atomic mass is 10.1. The molecule has 1 saturated heterocycles. The van der Waals surface area contributed by atoms with Crippen molar-refractivity contribution in [2.45, 2.75) is 36.8 Å². The van der Waals surface area contributed by atoms with Gasteiger partial charge < -0.3 is 14.6 Å². The van der Waals surface area contributed by atoms with Gasteiger partial charge in [0.1, 0.15) is 4.83 Å². The number of carboxylic acids is 1. The molecular formula is C9H15BrO4. The Kier molecular flexibility index (Phi) is 4.34. The van der Waals surface area contributed by atoms with E-state index in [0.717, 1.165) is 12.8 Å². The summed E-state index contributed by atoms with van der Waals surface area (Å²) in [7, 11) is 0. The van der Waals surface area contributed by atoms with Crippen LogP contribution >= 0.6 is 15.9 Å². The maximum Gasteiger partial charge on any atom is 0.317 e. The number of rotatable bonds is 5. The Morgan fingerprint density at radius 2 is 2.14 bits per heavy atom. The first-order valence-corrected chi connectivity index (χ1v) is 5.60. The van der Waals surface area contributed by atoms with Crippen molar-refractivity contribution in [3.63, 3.8) is 0 Å². The minimum Gasteiger partial charge on any atom is -0.480 e. The zero-order valence-corrected chi connectivity index (χ0v) is 9.75. The molecule has 1 rings (SSSR count). The van der Waals surface area contributed by atoms with Crippen LogP contribution in [-0.2, 0) is 14.3 Å². The normalized spacial score (nSPS) is 22.1. The molecule has 0 aromatic carbocycles. The summed E-state index contributed by atoms with van der Waals surface area (Å²) in [4.78, 5) is 10.0. The fourth-order valence-electron chi connectivity index (χ4n) is 1.43. The first-order chi connectivity index (χ1) is 6.53. The van der Waals surface area contributed by atoms with E-state index >= 15 is 0 Å². The van der Waals surface area contributed by atoms with Crippen LogP contribution in [0.1, 0.15) is 26.2 Å². The van der Waals surface area contributed by atoms with E-state index in [1.165, 1.54) is 0 Å². The van der Waals surface area contributed by atoms with Gasteiger partial charge in [-0.1, -0.05) is 15.9 Å². The highest BCUT2D eigenvalue weighted by Crippen LogP contribution is 2.25. The first kappa shape index (κ1) is 11.9. The Morgan fingerprint density at radius 3 is 2.64 bits per heavy atom. The SMILES string of the molecule is CC1(CCCC(Br)C(=O)O)OCCO1. The second-order valence-electron chi connectivity index (χ2n) is 3.53. The van der Waals surface area contributed by atoms with Crippen molar-refractivity contribution in [3.05, 3.63) is 0 Å². The monoisotopic (exact) mass is 266 g/mol. The van der Waals surface area contributed by atoms with Gasteiger partial charge in [-0.25, -0.2) is 0 Å². The van der Waals surface area contributed by atoms with Gasteiger partial charge in [-0.05, 0) is 19.8 Å². The molecule has 82 valence electrons. The third kappa shape index (κ3) is 3.55. The summed E-state index contributed by atoms with van der Waals surface area (Å²) in [6, 6.07) is 0. The number of ether oxygens (including phenoxy) is 2. The summed E-state index contributed by atoms with van der Waals surface area (Å²) >= 11 is 3.09. The Bertz CT molecular complexity index is 201. The van der Waals surface area contributed by atoms with E-state index < -0.39 is 16.6 Å². The fraction of sp³-hybridized carbons (Fsp3) is 0.889. The number of halogens is 1. The average Bonchev–Trinajstić information content (AvgIpc) is 2.52. The van der Waals surface area contributed by atoms with Gasteiger partial charge in [0.25, 0.3) is 0 Å². The van der Waals surface area contributed by atoms with E-state index in [4.69, 9.17) is 14.6 Å². The van der Waals surface area contributed by atoms with E-state index in [1.807, 2.05) is 6.92 Å². The third-order valence-corrected chi connectivity index (χ3v) is 3.10. The van der Waals surface area contributed by atoms with E-state index in [2.05, 4.69) is 15.9 Å². The van der Waals surface area contributed by atoms with Crippen molar-refractivity contribution in [3.8, 4) is 0 Å². The molecule has 1 atom stereocenters. The van der Waals surface area contributed by atoms with Gasteiger partial charge in [0.15, 0.2) is 5.79 Å². The molecule has 0 bridgehead atoms. The van der Waals surface area contributed by atoms with Crippen LogP contribution in [0.2, 0.25) is 0 Å². The van der Waals surface area contributed by atoms with Crippen LogP contribution in [0, 0.1) is 0 Å². The maximum atomic E-state index is 10.5. The highest BCUT2D eigenvalue weighted by molar-refractivity contribution is 9.10. The molecule has 0 spiro atoms. The van der Waals surface area contributed by atoms with Crippen LogP contribution in [0.3, 0.4) is 0 Å². The number of hydrogen-bond acceptors (Lipinski definition) is 3. The molecule has 1 fully saturated rings. The number of hydrogen-bond donors (Lipinski definition) is 1. The lowest BCUT2D eigenvalue weighted by molar-refractivity contribution is -0.148. The standard InChI is InChI=1S/C9H15BrO4/c1-9(13-5-6-14-9)4-2-3-7(10)8(11)12/h7H,2-6H2,1H3,(H,11,12). The average molecular weight is 267 g/mol. The van der Waals surface area contributed by atoms with E-state index in [-0.39, 0.29) is 0 Å². The van der Waals surface area contributed by atoms with Gasteiger partial charge in [-0.15, -0.1) is 0 Å². The summed E-state index contributed by atoms with van der Waals surface area (Å²) < 4.78 is 10.8. The number of carboxylic acid groups (broad SMARTS) is 1. The highest BCUT2D eigenvalue weighted by atomic mass is 79.9. The number of alkyl halides is 1. The molecular weight excluding hydrogens is 252 g/mol. The Morgan fingerprint density at radius 1 is 1.57 bits per heavy atom. The van der Waals surface area contributed by atoms with E-state index in [9.17, 15) is 4.79 Å². The Balaban J connectivity index is 2.17. The van der Waals surface area contributed by atoms with Crippen molar-refractivity contribution < 1.29 is 19.4 Å². The number of aliphatic carboxylic acids is 1. The summed E-state index contributed by atoms with van der Waals surface area (Å²) in [5.74, 6) is -1.31. The smallest absolute Gasteiger partial charge is 0.317 e. The first-order valence-electron chi connectivity index (χ1n) is 4.68. The van der Waals surface area contributed by atoms with Crippen LogP contribution in [0.4, 0.5) is 0 Å². The number of carbonyl (C=O) groups is 1. The van der Waals surface area contributed by atoms with Crippen molar-refractivity contribution in [1.82, 2.24) is 0 Å². The molecule has 1 N–H and O–H groups in total. The van der Waals surface area contributed by atoms with Gasteiger partial charge in [-0.2, -0.15) is 0 Å². The van der Waals surface area contributed by atoms with Crippen molar-refractivity contribution >= 4 is 21.9 Å². The van der Waals surface area contributed by atoms with Gasteiger partial charge in [0.05, 0.1) is 13.2 Å². The van der Waals surface area contributed by atoms with Gasteiger partial charge >= 0.3 is 5.97 Å². The molecule has 0 aromatic heterocycles. The predicted molar refractivity (Wildman–Crippen MR) is 54.5 cm³/mol. The van der Waals surface area contributed by atoms with Crippen LogP contribution in [0.25, 0.3) is 0 Å². The van der Waals surface area contributed by atoms with Gasteiger partial charge in [-0.3, -0.25) is 4.79 Å². The van der Waals surface area contributed by atoms with Crippen molar-refractivity contribution in [1.29, 1.82) is 0 Å². The molecule has 1 heterocycles. The van der Waals surface area contributed by atoms with Crippen molar-refractivity contribution in [2.75, 3.05) is 13.2 Å². The zero-order chi connectivity index (χ0) is 10.6. The molecule has 1 aliphatic rings. The van der Waals surface area contributed by atoms with Gasteiger partial charge in [0, 0.05) is 6.42 Å². The second kappa shape index (κ2) is 5.09. The molecule has 0 saturated carbocycles. The van der Waals surface area contributed by atoms with Gasteiger partial charge in [0.2, 0.25) is 0 Å². The molecule has 0 aliphatic carbocycles. The van der Waals surface area contributed by atoms with E-state index in [1.54, 1.807) is 0 Å². The Labute approximate surface area is 91.7 Å². The fourth-order valence-corrected chi connectivity index (χ4v) is 1.75. The minimum atomic E-state index is -0.816. The summed E-state index contributed by atoms with van der Waals surface area (Å²) in [6.45, 7) is 3.16. The molecule has 1 unspecified atom stereocenters. The third-order valence-electron chi connectivity index (χ3n) is 2.25. The zero-order valence-electron chi connectivity index (χ0n) is 8.16. The molecule has 4 nitrogen and oxygen atoms in total. The van der Waals surface area contributed by atoms with E-state index in [0.29, 0.717) is 19.6 Å². The summed E-state index contributed by atoms with van der Waals surface area (Å²) in [6.07, 6.45) is 2.11. The topological polar surface area (TPSA) is 55.8 Å².